The average molecular weight is 329 g/mol. The molecule has 0 aliphatic carbocycles. The Kier molecular flexibility index (Phi) is 4.49. The van der Waals surface area contributed by atoms with Gasteiger partial charge in [0.05, 0.1) is 6.04 Å². The Labute approximate surface area is 120 Å². The highest BCUT2D eigenvalue weighted by atomic mass is 79.9. The van der Waals surface area contributed by atoms with Gasteiger partial charge in [0, 0.05) is 11.1 Å². The summed E-state index contributed by atoms with van der Waals surface area (Å²) < 4.78 is 6.28. The molecule has 0 bridgehead atoms. The van der Waals surface area contributed by atoms with Crippen LogP contribution >= 0.6 is 27.5 Å². The minimum atomic E-state index is 0.127. The lowest BCUT2D eigenvalue weighted by atomic mass is 10.1. The highest BCUT2D eigenvalue weighted by Crippen LogP contribution is 2.26. The van der Waals surface area contributed by atoms with Crippen molar-refractivity contribution in [3.05, 3.63) is 57.4 Å². The second-order valence-corrected chi connectivity index (χ2v) is 5.46. The van der Waals surface area contributed by atoms with E-state index in [1.165, 1.54) is 0 Å². The number of hydrogen-bond acceptors (Lipinski definition) is 2. The van der Waals surface area contributed by atoms with Gasteiger partial charge in [-0.15, -0.1) is 0 Å². The van der Waals surface area contributed by atoms with Gasteiger partial charge in [-0.1, -0.05) is 29.8 Å². The monoisotopic (exact) mass is 327 g/mol. The average Bonchev–Trinajstić information content (AvgIpc) is 2.76. The van der Waals surface area contributed by atoms with Crippen LogP contribution in [0.15, 0.2) is 45.5 Å². The van der Waals surface area contributed by atoms with Crippen LogP contribution in [0.1, 0.15) is 37.3 Å². The molecule has 4 heteroatoms. The first-order valence-corrected chi connectivity index (χ1v) is 7.00. The summed E-state index contributed by atoms with van der Waals surface area (Å²) in [6.45, 7) is 4.16. The molecule has 1 aromatic carbocycles. The molecule has 2 nitrogen and oxygen atoms in total. The first-order valence-electron chi connectivity index (χ1n) is 5.83. The molecule has 2 aromatic rings. The summed E-state index contributed by atoms with van der Waals surface area (Å²) in [6.07, 6.45) is 0. The molecule has 1 aromatic heterocycles. The van der Waals surface area contributed by atoms with Crippen LogP contribution in [0.4, 0.5) is 0 Å². The van der Waals surface area contributed by atoms with Crippen LogP contribution in [0.2, 0.25) is 5.02 Å². The fraction of sp³-hybridized carbons (Fsp3) is 0.286. The van der Waals surface area contributed by atoms with Gasteiger partial charge in [0.15, 0.2) is 4.67 Å². The third kappa shape index (κ3) is 3.16. The predicted octanol–water partition coefficient (Wildman–Crippen LogP) is 5.11. The molecular weight excluding hydrogens is 314 g/mol. The zero-order chi connectivity index (χ0) is 13.1. The molecule has 0 saturated heterocycles. The maximum atomic E-state index is 6.18. The highest BCUT2D eigenvalue weighted by Gasteiger charge is 2.15. The smallest absolute Gasteiger partial charge is 0.169 e. The number of rotatable bonds is 4. The second-order valence-electron chi connectivity index (χ2n) is 4.27. The maximum absolute atomic E-state index is 6.18. The lowest BCUT2D eigenvalue weighted by Crippen LogP contribution is -2.22. The first-order chi connectivity index (χ1) is 8.58. The molecule has 18 heavy (non-hydrogen) atoms. The van der Waals surface area contributed by atoms with Crippen molar-refractivity contribution < 1.29 is 4.42 Å². The summed E-state index contributed by atoms with van der Waals surface area (Å²) in [5.41, 5.74) is 1.09. The predicted molar refractivity (Wildman–Crippen MR) is 77.8 cm³/mol. The third-order valence-corrected chi connectivity index (χ3v) is 3.66. The summed E-state index contributed by atoms with van der Waals surface area (Å²) in [6, 6.07) is 12.0. The largest absolute Gasteiger partial charge is 0.453 e. The molecule has 0 saturated carbocycles. The lowest BCUT2D eigenvalue weighted by molar-refractivity contribution is 0.394. The number of benzene rings is 1. The van der Waals surface area contributed by atoms with Crippen LogP contribution in [-0.2, 0) is 0 Å². The minimum Gasteiger partial charge on any atom is -0.453 e. The maximum Gasteiger partial charge on any atom is 0.169 e. The highest BCUT2D eigenvalue weighted by molar-refractivity contribution is 9.10. The van der Waals surface area contributed by atoms with Gasteiger partial charge in [-0.3, -0.25) is 0 Å². The molecule has 1 N–H and O–H groups in total. The molecule has 1 heterocycles. The molecule has 0 amide bonds. The van der Waals surface area contributed by atoms with E-state index in [-0.39, 0.29) is 12.1 Å². The van der Waals surface area contributed by atoms with E-state index in [2.05, 4.69) is 35.1 Å². The summed E-state index contributed by atoms with van der Waals surface area (Å²) in [7, 11) is 0. The van der Waals surface area contributed by atoms with E-state index in [9.17, 15) is 0 Å². The Morgan fingerprint density at radius 2 is 1.83 bits per heavy atom. The summed E-state index contributed by atoms with van der Waals surface area (Å²) in [5.74, 6) is 0.903. The molecule has 0 radical (unpaired) electrons. The number of halogens is 2. The standard InChI is InChI=1S/C14H15BrClNO/c1-9(11-5-3-4-6-12(11)16)17-10(2)13-7-8-14(15)18-13/h3-10,17H,1-2H3/t9-,10?/m0/s1. The van der Waals surface area contributed by atoms with E-state index in [1.54, 1.807) is 0 Å². The number of furan rings is 1. The Bertz CT molecular complexity index is 526. The van der Waals surface area contributed by atoms with Gasteiger partial charge in [0.1, 0.15) is 5.76 Å². The molecular formula is C14H15BrClNO. The van der Waals surface area contributed by atoms with Gasteiger partial charge in [-0.05, 0) is 53.5 Å². The molecule has 1 unspecified atom stereocenters. The normalized spacial score (nSPS) is 14.4. The van der Waals surface area contributed by atoms with Crippen LogP contribution in [0, 0.1) is 0 Å². The van der Waals surface area contributed by atoms with Crippen molar-refractivity contribution in [2.75, 3.05) is 0 Å². The molecule has 0 aliphatic rings. The number of nitrogens with one attached hydrogen (secondary N) is 1. The molecule has 0 spiro atoms. The first kappa shape index (κ1) is 13.7. The van der Waals surface area contributed by atoms with Gasteiger partial charge >= 0.3 is 0 Å². The molecule has 0 aliphatic heterocycles. The van der Waals surface area contributed by atoms with Crippen molar-refractivity contribution in [3.63, 3.8) is 0 Å². The Morgan fingerprint density at radius 3 is 2.44 bits per heavy atom. The van der Waals surface area contributed by atoms with Crippen molar-refractivity contribution in [3.8, 4) is 0 Å². The molecule has 96 valence electrons. The van der Waals surface area contributed by atoms with Crippen LogP contribution in [0.25, 0.3) is 0 Å². The van der Waals surface area contributed by atoms with E-state index >= 15 is 0 Å². The molecule has 0 fully saturated rings. The van der Waals surface area contributed by atoms with E-state index < -0.39 is 0 Å². The van der Waals surface area contributed by atoms with E-state index in [0.717, 1.165) is 21.0 Å². The topological polar surface area (TPSA) is 25.2 Å². The fourth-order valence-corrected chi connectivity index (χ4v) is 2.55. The Hall–Kier alpha value is -0.770. The van der Waals surface area contributed by atoms with Crippen molar-refractivity contribution in [1.29, 1.82) is 0 Å². The molecule has 2 rings (SSSR count). The van der Waals surface area contributed by atoms with Gasteiger partial charge in [-0.25, -0.2) is 0 Å². The minimum absolute atomic E-state index is 0.127. The fourth-order valence-electron chi connectivity index (χ4n) is 1.93. The summed E-state index contributed by atoms with van der Waals surface area (Å²) >= 11 is 9.49. The Morgan fingerprint density at radius 1 is 1.11 bits per heavy atom. The quantitative estimate of drug-likeness (QED) is 0.844. The lowest BCUT2D eigenvalue weighted by Gasteiger charge is -2.19. The molecule has 2 atom stereocenters. The van der Waals surface area contributed by atoms with E-state index in [1.807, 2.05) is 36.4 Å². The third-order valence-electron chi connectivity index (χ3n) is 2.89. The van der Waals surface area contributed by atoms with Crippen molar-refractivity contribution in [1.82, 2.24) is 5.32 Å². The van der Waals surface area contributed by atoms with Gasteiger partial charge in [-0.2, -0.15) is 0 Å². The van der Waals surface area contributed by atoms with Gasteiger partial charge < -0.3 is 9.73 Å². The van der Waals surface area contributed by atoms with E-state index in [0.29, 0.717) is 0 Å². The second kappa shape index (κ2) is 5.91. The van der Waals surface area contributed by atoms with Crippen molar-refractivity contribution >= 4 is 27.5 Å². The summed E-state index contributed by atoms with van der Waals surface area (Å²) in [5, 5.41) is 4.25. The Balaban J connectivity index is 2.08. The van der Waals surface area contributed by atoms with Gasteiger partial charge in [0.2, 0.25) is 0 Å². The zero-order valence-corrected chi connectivity index (χ0v) is 12.6. The van der Waals surface area contributed by atoms with Crippen LogP contribution in [0.3, 0.4) is 0 Å². The number of hydrogen-bond donors (Lipinski definition) is 1. The van der Waals surface area contributed by atoms with Crippen LogP contribution in [0.5, 0.6) is 0 Å². The van der Waals surface area contributed by atoms with Gasteiger partial charge in [0.25, 0.3) is 0 Å². The van der Waals surface area contributed by atoms with Crippen molar-refractivity contribution in [2.24, 2.45) is 0 Å². The summed E-state index contributed by atoms with van der Waals surface area (Å²) in [4.78, 5) is 0. The van der Waals surface area contributed by atoms with Crippen LogP contribution < -0.4 is 5.32 Å². The van der Waals surface area contributed by atoms with Crippen molar-refractivity contribution in [2.45, 2.75) is 25.9 Å². The van der Waals surface area contributed by atoms with E-state index in [4.69, 9.17) is 16.0 Å². The van der Waals surface area contributed by atoms with Crippen LogP contribution in [-0.4, -0.2) is 0 Å². The zero-order valence-electron chi connectivity index (χ0n) is 10.3. The SMILES string of the molecule is CC(N[C@@H](C)c1ccccc1Cl)c1ccc(Br)o1.